The van der Waals surface area contributed by atoms with Gasteiger partial charge in [-0.25, -0.2) is 0 Å². The molecule has 1 aliphatic heterocycles. The smallest absolute Gasteiger partial charge is 0.149 e. The molecule has 0 saturated carbocycles. The molecule has 1 heterocycles. The second-order valence-electron chi connectivity index (χ2n) is 2.55. The van der Waals surface area contributed by atoms with E-state index >= 15 is 0 Å². The minimum Gasteiger partial charge on any atom is -0.379 e. The van der Waals surface area contributed by atoms with Crippen LogP contribution in [-0.4, -0.2) is 43.5 Å². The van der Waals surface area contributed by atoms with Gasteiger partial charge in [-0.15, -0.1) is 5.92 Å². The van der Waals surface area contributed by atoms with Crippen molar-refractivity contribution in [1.29, 1.82) is 0 Å². The lowest BCUT2D eigenvalue weighted by Gasteiger charge is -2.28. The highest BCUT2D eigenvalue weighted by molar-refractivity contribution is 5.63. The highest BCUT2D eigenvalue weighted by atomic mass is 16.5. The van der Waals surface area contributed by atoms with Crippen molar-refractivity contribution in [3.05, 3.63) is 6.92 Å². The predicted molar refractivity (Wildman–Crippen MR) is 45.4 cm³/mol. The van der Waals surface area contributed by atoms with Gasteiger partial charge in [-0.3, -0.25) is 4.90 Å². The number of nitrogens with zero attached hydrogens (tertiary/aromatic N) is 1. The Morgan fingerprint density at radius 2 is 2.17 bits per heavy atom. The van der Waals surface area contributed by atoms with Crippen molar-refractivity contribution in [2.24, 2.45) is 0 Å². The Hall–Kier alpha value is -0.850. The molecular formula is C9H12NO2. The molecule has 3 nitrogen and oxygen atoms in total. The average Bonchev–Trinajstić information content (AvgIpc) is 2.15. The molecular weight excluding hydrogens is 154 g/mol. The molecule has 65 valence electrons. The average molecular weight is 166 g/mol. The van der Waals surface area contributed by atoms with Gasteiger partial charge >= 0.3 is 0 Å². The molecule has 1 fully saturated rings. The minimum absolute atomic E-state index is 0.300. The van der Waals surface area contributed by atoms with Crippen molar-refractivity contribution in [2.75, 3.05) is 26.3 Å². The highest BCUT2D eigenvalue weighted by Gasteiger charge is 2.17. The number of carbonyl (C=O) groups excluding carboxylic acids is 1. The van der Waals surface area contributed by atoms with Gasteiger partial charge in [-0.05, 0) is 0 Å². The van der Waals surface area contributed by atoms with E-state index < -0.39 is 0 Å². The lowest BCUT2D eigenvalue weighted by Crippen LogP contribution is -2.43. The second-order valence-corrected chi connectivity index (χ2v) is 2.55. The quantitative estimate of drug-likeness (QED) is 0.417. The maximum absolute atomic E-state index is 10.6. The Morgan fingerprint density at radius 1 is 1.50 bits per heavy atom. The fourth-order valence-electron chi connectivity index (χ4n) is 1.17. The molecule has 0 N–H and O–H groups in total. The third kappa shape index (κ3) is 2.33. The Bertz CT molecular complexity index is 198. The summed E-state index contributed by atoms with van der Waals surface area (Å²) < 4.78 is 5.15. The SMILES string of the molecule is [CH2]C#CC(C=O)N1CCOCC1. The van der Waals surface area contributed by atoms with Crippen LogP contribution in [0.5, 0.6) is 0 Å². The van der Waals surface area contributed by atoms with Crippen LogP contribution < -0.4 is 0 Å². The minimum atomic E-state index is -0.300. The summed E-state index contributed by atoms with van der Waals surface area (Å²) in [5, 5.41) is 0. The van der Waals surface area contributed by atoms with Crippen molar-refractivity contribution < 1.29 is 9.53 Å². The van der Waals surface area contributed by atoms with Crippen LogP contribution in [-0.2, 0) is 9.53 Å². The number of aldehydes is 1. The molecule has 1 unspecified atom stereocenters. The number of ether oxygens (including phenoxy) is 1. The van der Waals surface area contributed by atoms with E-state index in [4.69, 9.17) is 4.74 Å². The summed E-state index contributed by atoms with van der Waals surface area (Å²) in [5.41, 5.74) is 0. The van der Waals surface area contributed by atoms with E-state index in [2.05, 4.69) is 18.8 Å². The van der Waals surface area contributed by atoms with Gasteiger partial charge in [0.2, 0.25) is 0 Å². The molecule has 3 heteroatoms. The third-order valence-corrected chi connectivity index (χ3v) is 1.82. The summed E-state index contributed by atoms with van der Waals surface area (Å²) in [6.07, 6.45) is 0.851. The van der Waals surface area contributed by atoms with Crippen LogP contribution in [0.25, 0.3) is 0 Å². The number of carbonyl (C=O) groups is 1. The molecule has 1 radical (unpaired) electrons. The van der Waals surface area contributed by atoms with Gasteiger partial charge in [-0.1, -0.05) is 5.92 Å². The van der Waals surface area contributed by atoms with Gasteiger partial charge in [-0.2, -0.15) is 0 Å². The molecule has 0 aliphatic carbocycles. The first kappa shape index (κ1) is 9.24. The van der Waals surface area contributed by atoms with E-state index in [9.17, 15) is 4.79 Å². The normalized spacial score (nSPS) is 20.8. The third-order valence-electron chi connectivity index (χ3n) is 1.82. The standard InChI is InChI=1S/C9H12NO2/c1-2-3-9(8-11)10-4-6-12-7-5-10/h8-9H,1,4-7H2. The van der Waals surface area contributed by atoms with Crippen molar-refractivity contribution in [1.82, 2.24) is 4.90 Å². The Morgan fingerprint density at radius 3 is 2.67 bits per heavy atom. The van der Waals surface area contributed by atoms with Crippen LogP contribution in [0, 0.1) is 18.8 Å². The first-order valence-electron chi connectivity index (χ1n) is 3.93. The number of rotatable bonds is 2. The van der Waals surface area contributed by atoms with Gasteiger partial charge in [0, 0.05) is 20.0 Å². The van der Waals surface area contributed by atoms with Gasteiger partial charge in [0.1, 0.15) is 12.3 Å². The largest absolute Gasteiger partial charge is 0.379 e. The summed E-state index contributed by atoms with van der Waals surface area (Å²) in [4.78, 5) is 12.6. The topological polar surface area (TPSA) is 29.5 Å². The van der Waals surface area contributed by atoms with Crippen LogP contribution in [0.4, 0.5) is 0 Å². The molecule has 12 heavy (non-hydrogen) atoms. The van der Waals surface area contributed by atoms with E-state index in [1.165, 1.54) is 0 Å². The van der Waals surface area contributed by atoms with Crippen LogP contribution in [0.1, 0.15) is 0 Å². The molecule has 1 saturated heterocycles. The van der Waals surface area contributed by atoms with Gasteiger partial charge < -0.3 is 9.53 Å². The molecule has 0 amide bonds. The summed E-state index contributed by atoms with van der Waals surface area (Å²) in [7, 11) is 0. The lowest BCUT2D eigenvalue weighted by atomic mass is 10.2. The molecule has 0 bridgehead atoms. The van der Waals surface area contributed by atoms with Crippen LogP contribution >= 0.6 is 0 Å². The zero-order valence-corrected chi connectivity index (χ0v) is 6.95. The number of hydrogen-bond donors (Lipinski definition) is 0. The Kier molecular flexibility index (Phi) is 3.78. The Balaban J connectivity index is 2.49. The van der Waals surface area contributed by atoms with E-state index in [0.717, 1.165) is 19.4 Å². The molecule has 1 rings (SSSR count). The summed E-state index contributed by atoms with van der Waals surface area (Å²) in [6, 6.07) is -0.300. The Labute approximate surface area is 72.7 Å². The van der Waals surface area contributed by atoms with E-state index in [-0.39, 0.29) is 6.04 Å². The fraction of sp³-hybridized carbons (Fsp3) is 0.556. The summed E-state index contributed by atoms with van der Waals surface area (Å²) in [6.45, 7) is 6.31. The van der Waals surface area contributed by atoms with Crippen LogP contribution in [0.3, 0.4) is 0 Å². The first-order valence-corrected chi connectivity index (χ1v) is 3.93. The monoisotopic (exact) mass is 166 g/mol. The molecule has 0 aromatic heterocycles. The van der Waals surface area contributed by atoms with E-state index in [1.54, 1.807) is 0 Å². The van der Waals surface area contributed by atoms with E-state index in [1.807, 2.05) is 4.90 Å². The predicted octanol–water partition coefficient (Wildman–Crippen LogP) is -0.276. The molecule has 0 aromatic carbocycles. The zero-order valence-electron chi connectivity index (χ0n) is 6.95. The zero-order chi connectivity index (χ0) is 8.81. The number of hydrogen-bond acceptors (Lipinski definition) is 3. The number of morpholine rings is 1. The fourth-order valence-corrected chi connectivity index (χ4v) is 1.17. The molecule has 1 atom stereocenters. The highest BCUT2D eigenvalue weighted by Crippen LogP contribution is 2.00. The lowest BCUT2D eigenvalue weighted by molar-refractivity contribution is -0.112. The summed E-state index contributed by atoms with van der Waals surface area (Å²) >= 11 is 0. The van der Waals surface area contributed by atoms with Crippen molar-refractivity contribution >= 4 is 6.29 Å². The molecule has 1 aliphatic rings. The van der Waals surface area contributed by atoms with Gasteiger partial charge in [0.05, 0.1) is 13.2 Å². The van der Waals surface area contributed by atoms with Crippen molar-refractivity contribution in [3.63, 3.8) is 0 Å². The molecule has 0 aromatic rings. The van der Waals surface area contributed by atoms with Crippen molar-refractivity contribution in [2.45, 2.75) is 6.04 Å². The van der Waals surface area contributed by atoms with Crippen LogP contribution in [0.2, 0.25) is 0 Å². The van der Waals surface area contributed by atoms with Gasteiger partial charge in [0.25, 0.3) is 0 Å². The van der Waals surface area contributed by atoms with Crippen LogP contribution in [0.15, 0.2) is 0 Å². The van der Waals surface area contributed by atoms with E-state index in [0.29, 0.717) is 13.2 Å². The first-order chi connectivity index (χ1) is 5.88. The van der Waals surface area contributed by atoms with Gasteiger partial charge in [0.15, 0.2) is 0 Å². The second kappa shape index (κ2) is 4.91. The maximum atomic E-state index is 10.6. The summed E-state index contributed by atoms with van der Waals surface area (Å²) in [5.74, 6) is 5.25. The van der Waals surface area contributed by atoms with Crippen molar-refractivity contribution in [3.8, 4) is 11.8 Å². The molecule has 0 spiro atoms. The maximum Gasteiger partial charge on any atom is 0.149 e.